The highest BCUT2D eigenvalue weighted by Gasteiger charge is 2.17. The Hall–Kier alpha value is -2.18. The zero-order valence-corrected chi connectivity index (χ0v) is 13.4. The van der Waals surface area contributed by atoms with Crippen LogP contribution in [0.4, 0.5) is 5.69 Å². The minimum atomic E-state index is 0. The molecular weight excluding hydrogens is 316 g/mol. The quantitative estimate of drug-likeness (QED) is 0.879. The smallest absolute Gasteiger partial charge is 0.237 e. The van der Waals surface area contributed by atoms with Crippen LogP contribution in [-0.2, 0) is 4.79 Å². The van der Waals surface area contributed by atoms with Crippen molar-refractivity contribution in [3.8, 4) is 11.6 Å². The lowest BCUT2D eigenvalue weighted by Gasteiger charge is -2.11. The number of benzene rings is 1. The monoisotopic (exact) mass is 334 g/mol. The average molecular weight is 335 g/mol. The fraction of sp³-hybridized carbons (Fsp3) is 0.312. The molecule has 1 unspecified atom stereocenters. The molecule has 1 aromatic heterocycles. The van der Waals surface area contributed by atoms with Crippen LogP contribution in [0.2, 0.25) is 0 Å². The van der Waals surface area contributed by atoms with Gasteiger partial charge in [-0.2, -0.15) is 0 Å². The number of carbonyl (C=O) groups is 1. The number of halogens is 1. The first-order valence-electron chi connectivity index (χ1n) is 7.37. The second kappa shape index (κ2) is 8.45. The van der Waals surface area contributed by atoms with Crippen LogP contribution < -0.4 is 15.4 Å². The summed E-state index contributed by atoms with van der Waals surface area (Å²) in [4.78, 5) is 20.0. The lowest BCUT2D eigenvalue weighted by atomic mass is 10.1. The Kier molecular flexibility index (Phi) is 6.31. The van der Waals surface area contributed by atoms with E-state index in [-0.39, 0.29) is 18.3 Å². The number of hydrogen-bond donors (Lipinski definition) is 2. The normalized spacial score (nSPS) is 16.4. The summed E-state index contributed by atoms with van der Waals surface area (Å²) in [5, 5.41) is 6.22. The highest BCUT2D eigenvalue weighted by atomic mass is 35.5. The zero-order valence-electron chi connectivity index (χ0n) is 12.6. The van der Waals surface area contributed by atoms with Crippen LogP contribution in [0.15, 0.2) is 42.9 Å². The molecule has 7 heteroatoms. The topological polar surface area (TPSA) is 76.1 Å². The molecule has 2 heterocycles. The van der Waals surface area contributed by atoms with Gasteiger partial charge in [0, 0.05) is 36.6 Å². The number of aromatic nitrogens is 2. The van der Waals surface area contributed by atoms with Gasteiger partial charge in [0.2, 0.25) is 11.8 Å². The number of hydrogen-bond acceptors (Lipinski definition) is 5. The van der Waals surface area contributed by atoms with E-state index < -0.39 is 0 Å². The SMILES string of the molecule is Cl.O=C(CC1CCCN1)Nc1cccc(Oc2cnccn2)c1. The van der Waals surface area contributed by atoms with E-state index in [0.29, 0.717) is 29.8 Å². The molecule has 1 saturated heterocycles. The highest BCUT2D eigenvalue weighted by molar-refractivity contribution is 5.91. The van der Waals surface area contributed by atoms with Crippen molar-refractivity contribution in [2.45, 2.75) is 25.3 Å². The Labute approximate surface area is 141 Å². The summed E-state index contributed by atoms with van der Waals surface area (Å²) in [7, 11) is 0. The van der Waals surface area contributed by atoms with Crippen molar-refractivity contribution in [3.63, 3.8) is 0 Å². The highest BCUT2D eigenvalue weighted by Crippen LogP contribution is 2.22. The molecule has 0 spiro atoms. The Balaban J connectivity index is 0.00000192. The van der Waals surface area contributed by atoms with Gasteiger partial charge in [0.15, 0.2) is 0 Å². The molecule has 2 aromatic rings. The lowest BCUT2D eigenvalue weighted by molar-refractivity contribution is -0.116. The number of nitrogens with one attached hydrogen (secondary N) is 2. The maximum Gasteiger partial charge on any atom is 0.237 e. The van der Waals surface area contributed by atoms with E-state index in [2.05, 4.69) is 20.6 Å². The molecule has 0 aliphatic carbocycles. The van der Waals surface area contributed by atoms with Gasteiger partial charge in [-0.15, -0.1) is 12.4 Å². The predicted molar refractivity (Wildman–Crippen MR) is 90.1 cm³/mol. The number of anilines is 1. The summed E-state index contributed by atoms with van der Waals surface area (Å²) in [6, 6.07) is 7.54. The van der Waals surface area contributed by atoms with E-state index in [4.69, 9.17) is 4.74 Å². The van der Waals surface area contributed by atoms with Crippen molar-refractivity contribution in [1.29, 1.82) is 0 Å². The van der Waals surface area contributed by atoms with Crippen LogP contribution in [-0.4, -0.2) is 28.5 Å². The molecule has 0 radical (unpaired) electrons. The van der Waals surface area contributed by atoms with E-state index in [1.807, 2.05) is 18.2 Å². The van der Waals surface area contributed by atoms with Gasteiger partial charge >= 0.3 is 0 Å². The molecular formula is C16H19ClN4O2. The summed E-state index contributed by atoms with van der Waals surface area (Å²) >= 11 is 0. The second-order valence-corrected chi connectivity index (χ2v) is 5.22. The van der Waals surface area contributed by atoms with E-state index in [1.54, 1.807) is 18.5 Å². The Bertz CT molecular complexity index is 633. The van der Waals surface area contributed by atoms with Gasteiger partial charge in [-0.05, 0) is 31.5 Å². The van der Waals surface area contributed by atoms with Gasteiger partial charge in [-0.25, -0.2) is 4.98 Å². The van der Waals surface area contributed by atoms with E-state index in [0.717, 1.165) is 19.4 Å². The number of rotatable bonds is 5. The number of ether oxygens (including phenoxy) is 1. The summed E-state index contributed by atoms with van der Waals surface area (Å²) in [5.74, 6) is 1.04. The molecule has 3 rings (SSSR count). The molecule has 1 fully saturated rings. The molecule has 2 N–H and O–H groups in total. The molecule has 23 heavy (non-hydrogen) atoms. The van der Waals surface area contributed by atoms with E-state index in [9.17, 15) is 4.79 Å². The first-order valence-corrected chi connectivity index (χ1v) is 7.37. The van der Waals surface area contributed by atoms with Crippen LogP contribution in [0.3, 0.4) is 0 Å². The zero-order chi connectivity index (χ0) is 15.2. The largest absolute Gasteiger partial charge is 0.437 e. The minimum absolute atomic E-state index is 0. The van der Waals surface area contributed by atoms with Crippen LogP contribution in [0, 0.1) is 0 Å². The Morgan fingerprint density at radius 1 is 1.39 bits per heavy atom. The Morgan fingerprint density at radius 2 is 2.30 bits per heavy atom. The molecule has 1 aliphatic heterocycles. The predicted octanol–water partition coefficient (Wildman–Crippen LogP) is 2.77. The second-order valence-electron chi connectivity index (χ2n) is 5.22. The molecule has 0 saturated carbocycles. The van der Waals surface area contributed by atoms with E-state index in [1.165, 1.54) is 6.20 Å². The minimum Gasteiger partial charge on any atom is -0.437 e. The van der Waals surface area contributed by atoms with Crippen molar-refractivity contribution in [2.75, 3.05) is 11.9 Å². The molecule has 1 aliphatic rings. The van der Waals surface area contributed by atoms with Crippen molar-refractivity contribution < 1.29 is 9.53 Å². The van der Waals surface area contributed by atoms with Crippen LogP contribution in [0.5, 0.6) is 11.6 Å². The van der Waals surface area contributed by atoms with Gasteiger partial charge in [-0.1, -0.05) is 6.07 Å². The van der Waals surface area contributed by atoms with Crippen molar-refractivity contribution in [1.82, 2.24) is 15.3 Å². The van der Waals surface area contributed by atoms with Crippen LogP contribution in [0.25, 0.3) is 0 Å². The van der Waals surface area contributed by atoms with Gasteiger partial charge in [0.25, 0.3) is 0 Å². The fourth-order valence-electron chi connectivity index (χ4n) is 2.46. The van der Waals surface area contributed by atoms with Gasteiger partial charge in [-0.3, -0.25) is 9.78 Å². The molecule has 1 amide bonds. The molecule has 122 valence electrons. The summed E-state index contributed by atoms with van der Waals surface area (Å²) in [5.41, 5.74) is 0.712. The summed E-state index contributed by atoms with van der Waals surface area (Å²) in [6.45, 7) is 0.999. The van der Waals surface area contributed by atoms with Gasteiger partial charge < -0.3 is 15.4 Å². The third kappa shape index (κ3) is 5.19. The molecule has 1 atom stereocenters. The lowest BCUT2D eigenvalue weighted by Crippen LogP contribution is -2.27. The Morgan fingerprint density at radius 3 is 3.04 bits per heavy atom. The number of nitrogens with zero attached hydrogens (tertiary/aromatic N) is 2. The van der Waals surface area contributed by atoms with Crippen LogP contribution in [0.1, 0.15) is 19.3 Å². The number of amides is 1. The van der Waals surface area contributed by atoms with Crippen molar-refractivity contribution in [2.24, 2.45) is 0 Å². The first kappa shape index (κ1) is 17.2. The van der Waals surface area contributed by atoms with Crippen LogP contribution >= 0.6 is 12.4 Å². The molecule has 0 bridgehead atoms. The van der Waals surface area contributed by atoms with Crippen molar-refractivity contribution in [3.05, 3.63) is 42.9 Å². The standard InChI is InChI=1S/C16H18N4O2.ClH/c21-15(10-12-4-2-6-18-12)20-13-3-1-5-14(9-13)22-16-11-17-7-8-19-16;/h1,3,5,7-9,11-12,18H,2,4,6,10H2,(H,20,21);1H. The number of carbonyl (C=O) groups excluding carboxylic acids is 1. The maximum absolute atomic E-state index is 12.0. The maximum atomic E-state index is 12.0. The fourth-order valence-corrected chi connectivity index (χ4v) is 2.46. The van der Waals surface area contributed by atoms with Gasteiger partial charge in [0.1, 0.15) is 5.75 Å². The first-order chi connectivity index (χ1) is 10.8. The average Bonchev–Trinajstić information content (AvgIpc) is 3.01. The molecule has 6 nitrogen and oxygen atoms in total. The van der Waals surface area contributed by atoms with Gasteiger partial charge in [0.05, 0.1) is 6.20 Å². The third-order valence-corrected chi connectivity index (χ3v) is 3.47. The van der Waals surface area contributed by atoms with E-state index >= 15 is 0 Å². The van der Waals surface area contributed by atoms with Crippen molar-refractivity contribution >= 4 is 24.0 Å². The summed E-state index contributed by atoms with van der Waals surface area (Å²) in [6.07, 6.45) is 7.38. The molecule has 1 aromatic carbocycles. The summed E-state index contributed by atoms with van der Waals surface area (Å²) < 4.78 is 5.60. The third-order valence-electron chi connectivity index (χ3n) is 3.47.